The molecule has 8 nitrogen and oxygen atoms in total. The minimum absolute atomic E-state index is 0.149. The first-order valence-corrected chi connectivity index (χ1v) is 12.1. The van der Waals surface area contributed by atoms with Crippen molar-refractivity contribution in [1.29, 1.82) is 0 Å². The third-order valence-electron chi connectivity index (χ3n) is 6.16. The molecule has 0 aliphatic carbocycles. The van der Waals surface area contributed by atoms with Crippen molar-refractivity contribution in [3.63, 3.8) is 0 Å². The largest absolute Gasteiger partial charge is 0.497 e. The first-order chi connectivity index (χ1) is 17.0. The summed E-state index contributed by atoms with van der Waals surface area (Å²) < 4.78 is 11.4. The molecule has 0 radical (unpaired) electrons. The summed E-state index contributed by atoms with van der Waals surface area (Å²) in [6.07, 6.45) is 0. The van der Waals surface area contributed by atoms with Crippen LogP contribution in [-0.4, -0.2) is 28.2 Å². The fourth-order valence-corrected chi connectivity index (χ4v) is 4.71. The van der Waals surface area contributed by atoms with Gasteiger partial charge in [0.25, 0.3) is 0 Å². The van der Waals surface area contributed by atoms with Crippen molar-refractivity contribution in [1.82, 2.24) is 15.2 Å². The van der Waals surface area contributed by atoms with Gasteiger partial charge >= 0.3 is 0 Å². The first-order valence-electron chi connectivity index (χ1n) is 11.2. The lowest BCUT2D eigenvalue weighted by atomic mass is 9.70. The van der Waals surface area contributed by atoms with Crippen LogP contribution >= 0.6 is 11.3 Å². The number of para-hydroxylation sites is 1. The number of nitrogens with one attached hydrogen (secondary N) is 2. The zero-order valence-corrected chi connectivity index (χ0v) is 20.4. The summed E-state index contributed by atoms with van der Waals surface area (Å²) in [5, 5.41) is 14.5. The molecule has 2 aromatic carbocycles. The molecule has 1 atom stereocenters. The maximum Gasteiger partial charge on any atom is 0.232 e. The lowest BCUT2D eigenvalue weighted by Gasteiger charge is -2.37. The molecule has 1 aliphatic heterocycles. The molecular formula is C26H25N5O3S. The van der Waals surface area contributed by atoms with Gasteiger partial charge in [0, 0.05) is 23.6 Å². The summed E-state index contributed by atoms with van der Waals surface area (Å²) in [6, 6.07) is 19.6. The van der Waals surface area contributed by atoms with E-state index in [4.69, 9.17) is 14.5 Å². The molecule has 0 bridgehead atoms. The van der Waals surface area contributed by atoms with Crippen molar-refractivity contribution >= 4 is 28.2 Å². The third kappa shape index (κ3) is 4.54. The minimum Gasteiger partial charge on any atom is -0.497 e. The number of benzene rings is 2. The van der Waals surface area contributed by atoms with Crippen LogP contribution in [0.1, 0.15) is 36.5 Å². The van der Waals surface area contributed by atoms with Gasteiger partial charge in [0.15, 0.2) is 0 Å². The summed E-state index contributed by atoms with van der Waals surface area (Å²) in [5.74, 6) is 2.28. The van der Waals surface area contributed by atoms with E-state index in [-0.39, 0.29) is 11.8 Å². The highest BCUT2D eigenvalue weighted by atomic mass is 32.1. The molecule has 0 unspecified atom stereocenters. The molecule has 0 saturated carbocycles. The summed E-state index contributed by atoms with van der Waals surface area (Å²) in [5.41, 5.74) is 3.67. The van der Waals surface area contributed by atoms with Gasteiger partial charge in [0.1, 0.15) is 22.8 Å². The number of rotatable bonds is 7. The van der Waals surface area contributed by atoms with Crippen LogP contribution in [0.25, 0.3) is 0 Å². The Balaban J connectivity index is 1.44. The van der Waals surface area contributed by atoms with E-state index < -0.39 is 5.41 Å². The Morgan fingerprint density at radius 1 is 1.09 bits per heavy atom. The molecular weight excluding hydrogens is 462 g/mol. The number of anilines is 2. The van der Waals surface area contributed by atoms with E-state index in [9.17, 15) is 4.79 Å². The number of aromatic nitrogens is 3. The van der Waals surface area contributed by atoms with Crippen molar-refractivity contribution < 1.29 is 14.3 Å². The van der Waals surface area contributed by atoms with Gasteiger partial charge < -0.3 is 20.1 Å². The summed E-state index contributed by atoms with van der Waals surface area (Å²) >= 11 is 1.29. The Labute approximate surface area is 207 Å². The molecule has 1 aliphatic rings. The molecule has 0 spiro atoms. The number of nitrogens with zero attached hydrogens (tertiary/aromatic N) is 3. The number of carbonyl (C=O) groups is 1. The lowest BCUT2D eigenvalue weighted by Crippen LogP contribution is -2.38. The predicted molar refractivity (Wildman–Crippen MR) is 135 cm³/mol. The number of amides is 1. The monoisotopic (exact) mass is 487 g/mol. The maximum atomic E-state index is 13.4. The normalized spacial score (nSPS) is 14.3. The van der Waals surface area contributed by atoms with Gasteiger partial charge in [0.05, 0.1) is 12.5 Å². The van der Waals surface area contributed by atoms with Crippen molar-refractivity contribution in [3.8, 4) is 17.4 Å². The Morgan fingerprint density at radius 3 is 2.63 bits per heavy atom. The Kier molecular flexibility index (Phi) is 6.08. The molecule has 2 N–H and O–H groups in total. The Hall–Kier alpha value is -3.98. The highest BCUT2D eigenvalue weighted by Gasteiger charge is 2.44. The van der Waals surface area contributed by atoms with Crippen LogP contribution in [0.5, 0.6) is 17.4 Å². The second-order valence-corrected chi connectivity index (χ2v) is 9.62. The fraction of sp³-hybridized carbons (Fsp3) is 0.231. The van der Waals surface area contributed by atoms with Gasteiger partial charge in [-0.05, 0) is 35.9 Å². The van der Waals surface area contributed by atoms with Crippen LogP contribution in [0.3, 0.4) is 0 Å². The molecule has 4 aromatic rings. The molecule has 3 heterocycles. The van der Waals surface area contributed by atoms with E-state index >= 15 is 0 Å². The van der Waals surface area contributed by atoms with Gasteiger partial charge in [-0.2, -0.15) is 4.98 Å². The summed E-state index contributed by atoms with van der Waals surface area (Å²) in [7, 11) is 1.65. The highest BCUT2D eigenvalue weighted by molar-refractivity contribution is 7.13. The molecule has 35 heavy (non-hydrogen) atoms. The molecule has 0 fully saturated rings. The molecule has 2 aromatic heterocycles. The van der Waals surface area contributed by atoms with Crippen molar-refractivity contribution in [2.45, 2.75) is 26.3 Å². The molecule has 9 heteroatoms. The van der Waals surface area contributed by atoms with E-state index in [2.05, 4.69) is 20.8 Å². The molecule has 0 saturated heterocycles. The number of fused-ring (bicyclic) bond motifs is 2. The minimum atomic E-state index is -0.819. The quantitative estimate of drug-likeness (QED) is 0.357. The van der Waals surface area contributed by atoms with E-state index in [1.165, 1.54) is 11.3 Å². The first kappa shape index (κ1) is 22.8. The van der Waals surface area contributed by atoms with Gasteiger partial charge in [-0.3, -0.25) is 4.79 Å². The molecule has 1 amide bonds. The van der Waals surface area contributed by atoms with E-state index in [1.807, 2.05) is 74.5 Å². The standard InChI is InChI=1S/C26H25N5O3S/c1-26(2,24(32)30-25-31-28-15-35-25)22-18-6-4-5-7-20(18)34-23-19(22)12-13-21(29-23)27-14-16-8-10-17(33-3)11-9-16/h4-13,15,22H,14H2,1-3H3,(H,27,29)(H,30,31,32)/t22-/m1/s1. The Morgan fingerprint density at radius 2 is 1.89 bits per heavy atom. The zero-order valence-electron chi connectivity index (χ0n) is 19.6. The summed E-state index contributed by atoms with van der Waals surface area (Å²) in [6.45, 7) is 4.46. The van der Waals surface area contributed by atoms with Crippen molar-refractivity contribution in [3.05, 3.63) is 82.9 Å². The maximum absolute atomic E-state index is 13.4. The number of carbonyl (C=O) groups excluding carboxylic acids is 1. The zero-order chi connectivity index (χ0) is 24.4. The summed E-state index contributed by atoms with van der Waals surface area (Å²) in [4.78, 5) is 18.1. The number of hydrogen-bond donors (Lipinski definition) is 2. The van der Waals surface area contributed by atoms with Crippen molar-refractivity contribution in [2.75, 3.05) is 17.7 Å². The van der Waals surface area contributed by atoms with Gasteiger partial charge in [0.2, 0.25) is 16.9 Å². The topological polar surface area (TPSA) is 98.3 Å². The average molecular weight is 488 g/mol. The lowest BCUT2D eigenvalue weighted by molar-refractivity contribution is -0.124. The molecule has 178 valence electrons. The van der Waals surface area contributed by atoms with Crippen molar-refractivity contribution in [2.24, 2.45) is 5.41 Å². The van der Waals surface area contributed by atoms with Crippen LogP contribution in [0.2, 0.25) is 0 Å². The van der Waals surface area contributed by atoms with Crippen LogP contribution in [-0.2, 0) is 11.3 Å². The van der Waals surface area contributed by atoms with E-state index in [0.717, 1.165) is 22.4 Å². The van der Waals surface area contributed by atoms with Crippen LogP contribution < -0.4 is 20.1 Å². The van der Waals surface area contributed by atoms with E-state index in [0.29, 0.717) is 29.1 Å². The third-order valence-corrected chi connectivity index (χ3v) is 6.76. The van der Waals surface area contributed by atoms with Gasteiger partial charge in [-0.25, -0.2) is 0 Å². The highest BCUT2D eigenvalue weighted by Crippen LogP contribution is 2.51. The average Bonchev–Trinajstić information content (AvgIpc) is 3.39. The van der Waals surface area contributed by atoms with Crippen LogP contribution in [0, 0.1) is 5.41 Å². The smallest absolute Gasteiger partial charge is 0.232 e. The number of pyridine rings is 1. The SMILES string of the molecule is COc1ccc(CNc2ccc3c(n2)Oc2ccccc2[C@H]3C(C)(C)C(=O)Nc2nncs2)cc1. The number of hydrogen-bond acceptors (Lipinski definition) is 8. The number of ether oxygens (including phenoxy) is 2. The van der Waals surface area contributed by atoms with Crippen LogP contribution in [0.4, 0.5) is 10.9 Å². The second kappa shape index (κ2) is 9.34. The van der Waals surface area contributed by atoms with E-state index in [1.54, 1.807) is 12.6 Å². The Bertz CT molecular complexity index is 1340. The fourth-order valence-electron chi connectivity index (χ4n) is 4.27. The second-order valence-electron chi connectivity index (χ2n) is 8.79. The molecule has 5 rings (SSSR count). The van der Waals surface area contributed by atoms with Gasteiger partial charge in [-0.1, -0.05) is 55.5 Å². The predicted octanol–water partition coefficient (Wildman–Crippen LogP) is 5.46. The number of methoxy groups -OCH3 is 1. The van der Waals surface area contributed by atoms with Crippen LogP contribution in [0.15, 0.2) is 66.2 Å². The van der Waals surface area contributed by atoms with Gasteiger partial charge in [-0.15, -0.1) is 10.2 Å².